The average Bonchev–Trinajstić information content (AvgIpc) is 3.24. The summed E-state index contributed by atoms with van der Waals surface area (Å²) < 4.78 is 10.4. The lowest BCUT2D eigenvalue weighted by Crippen LogP contribution is -2.41. The van der Waals surface area contributed by atoms with Crippen LogP contribution in [-0.2, 0) is 9.53 Å². The number of aromatic nitrogens is 1. The zero-order valence-corrected chi connectivity index (χ0v) is 14.6. The van der Waals surface area contributed by atoms with E-state index in [2.05, 4.69) is 4.98 Å². The normalized spacial score (nSPS) is 15.5. The van der Waals surface area contributed by atoms with Crippen LogP contribution in [0.25, 0.3) is 10.8 Å². The Bertz CT molecular complexity index is 715. The van der Waals surface area contributed by atoms with Crippen LogP contribution in [0, 0.1) is 12.8 Å². The van der Waals surface area contributed by atoms with E-state index in [1.54, 1.807) is 24.2 Å². The number of furan rings is 1. The fourth-order valence-corrected chi connectivity index (χ4v) is 3.70. The van der Waals surface area contributed by atoms with Crippen molar-refractivity contribution in [2.45, 2.75) is 26.7 Å². The van der Waals surface area contributed by atoms with Crippen LogP contribution in [0.2, 0.25) is 0 Å². The zero-order valence-electron chi connectivity index (χ0n) is 13.8. The van der Waals surface area contributed by atoms with Crippen LogP contribution in [0.3, 0.4) is 0 Å². The third-order valence-corrected chi connectivity index (χ3v) is 5.12. The number of carbonyl (C=O) groups excluding carboxylic acids is 2. The van der Waals surface area contributed by atoms with Gasteiger partial charge in [-0.1, -0.05) is 0 Å². The summed E-state index contributed by atoms with van der Waals surface area (Å²) in [5.74, 6) is 0.325. The lowest BCUT2D eigenvalue weighted by atomic mass is 9.97. The molecule has 3 heterocycles. The van der Waals surface area contributed by atoms with Gasteiger partial charge in [0.25, 0.3) is 5.91 Å². The summed E-state index contributed by atoms with van der Waals surface area (Å²) in [7, 11) is 0. The van der Waals surface area contributed by atoms with Gasteiger partial charge in [-0.2, -0.15) is 0 Å². The van der Waals surface area contributed by atoms with Crippen LogP contribution < -0.4 is 0 Å². The quantitative estimate of drug-likeness (QED) is 0.794. The summed E-state index contributed by atoms with van der Waals surface area (Å²) >= 11 is 1.45. The van der Waals surface area contributed by atoms with E-state index in [0.717, 1.165) is 4.88 Å². The van der Waals surface area contributed by atoms with Crippen LogP contribution in [0.4, 0.5) is 0 Å². The predicted octanol–water partition coefficient (Wildman–Crippen LogP) is 3.13. The topological polar surface area (TPSA) is 72.6 Å². The van der Waals surface area contributed by atoms with Crippen molar-refractivity contribution in [2.24, 2.45) is 5.92 Å². The average molecular weight is 348 g/mol. The fourth-order valence-electron chi connectivity index (χ4n) is 2.83. The number of nitrogens with zero attached hydrogens (tertiary/aromatic N) is 2. The van der Waals surface area contributed by atoms with Crippen molar-refractivity contribution in [1.82, 2.24) is 9.88 Å². The monoisotopic (exact) mass is 348 g/mol. The molecule has 1 saturated heterocycles. The molecule has 0 N–H and O–H groups in total. The number of hydrogen-bond acceptors (Lipinski definition) is 6. The molecule has 1 aliphatic rings. The van der Waals surface area contributed by atoms with E-state index in [0.29, 0.717) is 49.0 Å². The third kappa shape index (κ3) is 3.36. The maximum atomic E-state index is 12.7. The van der Waals surface area contributed by atoms with Gasteiger partial charge in [0.2, 0.25) is 0 Å². The van der Waals surface area contributed by atoms with Crippen LogP contribution in [0.1, 0.15) is 35.1 Å². The summed E-state index contributed by atoms with van der Waals surface area (Å²) in [6.45, 7) is 5.19. The molecule has 1 fully saturated rings. The molecule has 0 spiro atoms. The van der Waals surface area contributed by atoms with Crippen molar-refractivity contribution in [1.29, 1.82) is 0 Å². The van der Waals surface area contributed by atoms with Gasteiger partial charge in [0.15, 0.2) is 10.8 Å². The Balaban J connectivity index is 1.67. The first kappa shape index (κ1) is 16.7. The first-order valence-electron chi connectivity index (χ1n) is 8.07. The highest BCUT2D eigenvalue weighted by molar-refractivity contribution is 7.15. The molecule has 7 heteroatoms. The smallest absolute Gasteiger partial charge is 0.309 e. The number of rotatable bonds is 4. The lowest BCUT2D eigenvalue weighted by Gasteiger charge is -2.30. The number of thiazole rings is 1. The van der Waals surface area contributed by atoms with Crippen molar-refractivity contribution in [3.05, 3.63) is 29.0 Å². The summed E-state index contributed by atoms with van der Waals surface area (Å²) in [5.41, 5.74) is 0.473. The van der Waals surface area contributed by atoms with Crippen molar-refractivity contribution in [3.63, 3.8) is 0 Å². The Morgan fingerprint density at radius 2 is 2.17 bits per heavy atom. The first-order valence-corrected chi connectivity index (χ1v) is 8.89. The van der Waals surface area contributed by atoms with Crippen LogP contribution in [-0.4, -0.2) is 41.5 Å². The number of hydrogen-bond donors (Lipinski definition) is 0. The molecule has 0 bridgehead atoms. The summed E-state index contributed by atoms with van der Waals surface area (Å²) in [4.78, 5) is 31.6. The second-order valence-electron chi connectivity index (χ2n) is 5.72. The number of esters is 1. The SMILES string of the molecule is CCOC(=O)C1CCN(C(=O)c2nc(-c3ccco3)sc2C)CC1. The highest BCUT2D eigenvalue weighted by Crippen LogP contribution is 2.29. The van der Waals surface area contributed by atoms with E-state index in [9.17, 15) is 9.59 Å². The van der Waals surface area contributed by atoms with Gasteiger partial charge < -0.3 is 14.1 Å². The Hall–Kier alpha value is -2.15. The fraction of sp³-hybridized carbons (Fsp3) is 0.471. The van der Waals surface area contributed by atoms with E-state index >= 15 is 0 Å². The van der Waals surface area contributed by atoms with Crippen LogP contribution in [0.15, 0.2) is 22.8 Å². The van der Waals surface area contributed by atoms with Gasteiger partial charge in [0, 0.05) is 18.0 Å². The maximum Gasteiger partial charge on any atom is 0.309 e. The highest BCUT2D eigenvalue weighted by Gasteiger charge is 2.30. The zero-order chi connectivity index (χ0) is 17.1. The van der Waals surface area contributed by atoms with Gasteiger partial charge in [0.05, 0.1) is 18.8 Å². The standard InChI is InChI=1S/C17H20N2O4S/c1-3-22-17(21)12-6-8-19(9-7-12)16(20)14-11(2)24-15(18-14)13-5-4-10-23-13/h4-5,10,12H,3,6-9H2,1-2H3. The highest BCUT2D eigenvalue weighted by atomic mass is 32.1. The summed E-state index contributed by atoms with van der Waals surface area (Å²) in [6, 6.07) is 3.63. The van der Waals surface area contributed by atoms with Gasteiger partial charge >= 0.3 is 5.97 Å². The second kappa shape index (κ2) is 7.17. The molecule has 6 nitrogen and oxygen atoms in total. The molecular formula is C17H20N2O4S. The van der Waals surface area contributed by atoms with Crippen LogP contribution >= 0.6 is 11.3 Å². The lowest BCUT2D eigenvalue weighted by molar-refractivity contribution is -0.149. The van der Waals surface area contributed by atoms with Gasteiger partial charge in [-0.05, 0) is 38.8 Å². The molecule has 0 radical (unpaired) electrons. The van der Waals surface area contributed by atoms with E-state index < -0.39 is 0 Å². The molecule has 2 aromatic heterocycles. The van der Waals surface area contributed by atoms with Crippen molar-refractivity contribution in [2.75, 3.05) is 19.7 Å². The molecular weight excluding hydrogens is 328 g/mol. The number of aryl methyl sites for hydroxylation is 1. The summed E-state index contributed by atoms with van der Waals surface area (Å²) in [6.07, 6.45) is 2.87. The summed E-state index contributed by atoms with van der Waals surface area (Å²) in [5, 5.41) is 0.710. The molecule has 1 aliphatic heterocycles. The Morgan fingerprint density at radius 1 is 1.42 bits per heavy atom. The number of piperidine rings is 1. The minimum Gasteiger partial charge on any atom is -0.466 e. The van der Waals surface area contributed by atoms with Crippen molar-refractivity contribution < 1.29 is 18.7 Å². The molecule has 0 aromatic carbocycles. The van der Waals surface area contributed by atoms with Crippen LogP contribution in [0.5, 0.6) is 0 Å². The number of carbonyl (C=O) groups is 2. The number of ether oxygens (including phenoxy) is 1. The maximum absolute atomic E-state index is 12.7. The van der Waals surface area contributed by atoms with E-state index in [1.165, 1.54) is 11.3 Å². The van der Waals surface area contributed by atoms with Crippen molar-refractivity contribution in [3.8, 4) is 10.8 Å². The molecule has 24 heavy (non-hydrogen) atoms. The predicted molar refractivity (Wildman–Crippen MR) is 89.8 cm³/mol. The molecule has 3 rings (SSSR count). The van der Waals surface area contributed by atoms with Gasteiger partial charge in [0.1, 0.15) is 5.69 Å². The number of amides is 1. The molecule has 128 valence electrons. The van der Waals surface area contributed by atoms with E-state index in [-0.39, 0.29) is 17.8 Å². The molecule has 0 saturated carbocycles. The minimum atomic E-state index is -0.158. The Labute approximate surface area is 144 Å². The molecule has 1 amide bonds. The van der Waals surface area contributed by atoms with Gasteiger partial charge in [-0.3, -0.25) is 9.59 Å². The van der Waals surface area contributed by atoms with Gasteiger partial charge in [-0.25, -0.2) is 4.98 Å². The van der Waals surface area contributed by atoms with Crippen molar-refractivity contribution >= 4 is 23.2 Å². The Morgan fingerprint density at radius 3 is 2.79 bits per heavy atom. The first-order chi connectivity index (χ1) is 11.6. The molecule has 0 aliphatic carbocycles. The largest absolute Gasteiger partial charge is 0.466 e. The Kier molecular flexibility index (Phi) is 4.99. The third-order valence-electron chi connectivity index (χ3n) is 4.13. The number of likely N-dealkylation sites (tertiary alicyclic amines) is 1. The molecule has 0 atom stereocenters. The van der Waals surface area contributed by atoms with Gasteiger partial charge in [-0.15, -0.1) is 11.3 Å². The minimum absolute atomic E-state index is 0.0798. The van der Waals surface area contributed by atoms with E-state index in [1.807, 2.05) is 13.0 Å². The second-order valence-corrected chi connectivity index (χ2v) is 6.92. The molecule has 2 aromatic rings. The molecule has 0 unspecified atom stereocenters. The van der Waals surface area contributed by atoms with E-state index in [4.69, 9.17) is 9.15 Å².